The van der Waals surface area contributed by atoms with Crippen molar-refractivity contribution >= 4 is 5.91 Å². The van der Waals surface area contributed by atoms with E-state index in [9.17, 15) is 4.79 Å². The van der Waals surface area contributed by atoms with E-state index in [2.05, 4.69) is 23.6 Å². The summed E-state index contributed by atoms with van der Waals surface area (Å²) in [6.07, 6.45) is 2.08. The average molecular weight is 264 g/mol. The largest absolute Gasteiger partial charge is 0.483 e. The van der Waals surface area contributed by atoms with Crippen LogP contribution >= 0.6 is 0 Å². The third-order valence-electron chi connectivity index (χ3n) is 2.79. The molecule has 0 heterocycles. The predicted octanol–water partition coefficient (Wildman–Crippen LogP) is 2.01. The molecule has 0 saturated carbocycles. The van der Waals surface area contributed by atoms with Crippen LogP contribution in [0.2, 0.25) is 0 Å². The van der Waals surface area contributed by atoms with E-state index in [1.807, 2.05) is 26.1 Å². The summed E-state index contributed by atoms with van der Waals surface area (Å²) in [5.41, 5.74) is 2.26. The highest BCUT2D eigenvalue weighted by Crippen LogP contribution is 2.19. The second-order valence-electron chi connectivity index (χ2n) is 4.63. The minimum absolute atomic E-state index is 0.0653. The summed E-state index contributed by atoms with van der Waals surface area (Å²) in [5, 5.41) is 5.94. The van der Waals surface area contributed by atoms with Crippen molar-refractivity contribution in [2.75, 3.05) is 20.2 Å². The van der Waals surface area contributed by atoms with E-state index in [0.29, 0.717) is 0 Å². The Morgan fingerprint density at radius 1 is 1.37 bits per heavy atom. The van der Waals surface area contributed by atoms with Gasteiger partial charge in [0.05, 0.1) is 0 Å². The van der Waals surface area contributed by atoms with Crippen LogP contribution in [0.25, 0.3) is 0 Å². The number of ether oxygens (including phenoxy) is 1. The van der Waals surface area contributed by atoms with Crippen molar-refractivity contribution in [3.63, 3.8) is 0 Å². The van der Waals surface area contributed by atoms with Gasteiger partial charge in [0.25, 0.3) is 5.91 Å². The van der Waals surface area contributed by atoms with Crippen LogP contribution in [0.15, 0.2) is 18.2 Å². The van der Waals surface area contributed by atoms with E-state index in [0.717, 1.165) is 37.2 Å². The Balaban J connectivity index is 2.50. The van der Waals surface area contributed by atoms with Gasteiger partial charge < -0.3 is 15.4 Å². The van der Waals surface area contributed by atoms with Crippen LogP contribution in [0.4, 0.5) is 0 Å². The SMILES string of the molecule is CCCCNC(=O)COc1ccc(C)cc1CNC. The number of carbonyl (C=O) groups is 1. The van der Waals surface area contributed by atoms with Crippen molar-refractivity contribution in [1.82, 2.24) is 10.6 Å². The van der Waals surface area contributed by atoms with Crippen LogP contribution in [0.5, 0.6) is 5.75 Å². The van der Waals surface area contributed by atoms with Gasteiger partial charge in [-0.15, -0.1) is 0 Å². The number of aryl methyl sites for hydroxylation is 1. The first kappa shape index (κ1) is 15.5. The van der Waals surface area contributed by atoms with Gasteiger partial charge in [-0.25, -0.2) is 0 Å². The summed E-state index contributed by atoms with van der Waals surface area (Å²) >= 11 is 0. The first-order valence-corrected chi connectivity index (χ1v) is 6.81. The molecular weight excluding hydrogens is 240 g/mol. The molecule has 0 atom stereocenters. The number of nitrogens with one attached hydrogen (secondary N) is 2. The van der Waals surface area contributed by atoms with E-state index in [1.54, 1.807) is 0 Å². The van der Waals surface area contributed by atoms with Gasteiger partial charge in [0.15, 0.2) is 6.61 Å². The minimum Gasteiger partial charge on any atom is -0.483 e. The molecule has 0 bridgehead atoms. The molecule has 2 N–H and O–H groups in total. The van der Waals surface area contributed by atoms with Gasteiger partial charge in [-0.05, 0) is 26.5 Å². The van der Waals surface area contributed by atoms with E-state index in [-0.39, 0.29) is 12.5 Å². The summed E-state index contributed by atoms with van der Waals surface area (Å²) < 4.78 is 5.59. The smallest absolute Gasteiger partial charge is 0.257 e. The van der Waals surface area contributed by atoms with E-state index >= 15 is 0 Å². The fourth-order valence-corrected chi connectivity index (χ4v) is 1.78. The maximum atomic E-state index is 11.6. The lowest BCUT2D eigenvalue weighted by Gasteiger charge is -2.12. The maximum absolute atomic E-state index is 11.6. The monoisotopic (exact) mass is 264 g/mol. The van der Waals surface area contributed by atoms with Gasteiger partial charge in [0, 0.05) is 18.7 Å². The van der Waals surface area contributed by atoms with Gasteiger partial charge in [-0.1, -0.05) is 31.0 Å². The van der Waals surface area contributed by atoms with Crippen LogP contribution < -0.4 is 15.4 Å². The third kappa shape index (κ3) is 5.75. The van der Waals surface area contributed by atoms with Gasteiger partial charge >= 0.3 is 0 Å². The zero-order valence-electron chi connectivity index (χ0n) is 12.1. The van der Waals surface area contributed by atoms with Crippen molar-refractivity contribution in [1.29, 1.82) is 0 Å². The minimum atomic E-state index is -0.0653. The lowest BCUT2D eigenvalue weighted by Crippen LogP contribution is -2.29. The fourth-order valence-electron chi connectivity index (χ4n) is 1.78. The second-order valence-corrected chi connectivity index (χ2v) is 4.63. The highest BCUT2D eigenvalue weighted by molar-refractivity contribution is 5.77. The predicted molar refractivity (Wildman–Crippen MR) is 77.4 cm³/mol. The summed E-state index contributed by atoms with van der Waals surface area (Å²) in [6, 6.07) is 5.98. The van der Waals surface area contributed by atoms with E-state index in [4.69, 9.17) is 4.74 Å². The molecule has 0 fully saturated rings. The van der Waals surface area contributed by atoms with Crippen LogP contribution in [-0.4, -0.2) is 26.1 Å². The Kier molecular flexibility index (Phi) is 6.97. The lowest BCUT2D eigenvalue weighted by atomic mass is 10.1. The number of unbranched alkanes of at least 4 members (excludes halogenated alkanes) is 1. The summed E-state index contributed by atoms with van der Waals surface area (Å²) in [6.45, 7) is 5.66. The summed E-state index contributed by atoms with van der Waals surface area (Å²) in [7, 11) is 1.89. The Hall–Kier alpha value is -1.55. The Morgan fingerprint density at radius 3 is 2.84 bits per heavy atom. The standard InChI is InChI=1S/C15H24N2O2/c1-4-5-8-17-15(18)11-19-14-7-6-12(2)9-13(14)10-16-3/h6-7,9,16H,4-5,8,10-11H2,1-3H3,(H,17,18). The molecule has 0 unspecified atom stereocenters. The first-order chi connectivity index (χ1) is 9.17. The highest BCUT2D eigenvalue weighted by atomic mass is 16.5. The van der Waals surface area contributed by atoms with Crippen molar-refractivity contribution in [3.8, 4) is 5.75 Å². The molecule has 4 heteroatoms. The van der Waals surface area contributed by atoms with Gasteiger partial charge in [0.1, 0.15) is 5.75 Å². The number of hydrogen-bond donors (Lipinski definition) is 2. The second kappa shape index (κ2) is 8.53. The van der Waals surface area contributed by atoms with Gasteiger partial charge in [0.2, 0.25) is 0 Å². The molecule has 1 rings (SSSR count). The quantitative estimate of drug-likeness (QED) is 0.706. The molecule has 0 aromatic heterocycles. The van der Waals surface area contributed by atoms with Gasteiger partial charge in [-0.2, -0.15) is 0 Å². The molecule has 1 amide bonds. The van der Waals surface area contributed by atoms with Gasteiger partial charge in [-0.3, -0.25) is 4.79 Å². The van der Waals surface area contributed by atoms with Crippen molar-refractivity contribution < 1.29 is 9.53 Å². The molecule has 0 spiro atoms. The summed E-state index contributed by atoms with van der Waals surface area (Å²) in [5.74, 6) is 0.704. The molecular formula is C15H24N2O2. The van der Waals surface area contributed by atoms with E-state index in [1.165, 1.54) is 5.56 Å². The molecule has 0 saturated heterocycles. The molecule has 0 aliphatic carbocycles. The van der Waals surface area contributed by atoms with Crippen molar-refractivity contribution in [2.45, 2.75) is 33.2 Å². The molecule has 0 radical (unpaired) electrons. The average Bonchev–Trinajstić information content (AvgIpc) is 2.38. The number of carbonyl (C=O) groups excluding carboxylic acids is 1. The molecule has 0 aliphatic rings. The third-order valence-corrected chi connectivity index (χ3v) is 2.79. The number of amides is 1. The Labute approximate surface area is 115 Å². The molecule has 106 valence electrons. The van der Waals surface area contributed by atoms with Crippen LogP contribution in [0.1, 0.15) is 30.9 Å². The normalized spacial score (nSPS) is 10.3. The Morgan fingerprint density at radius 2 is 2.16 bits per heavy atom. The molecule has 19 heavy (non-hydrogen) atoms. The van der Waals surface area contributed by atoms with E-state index < -0.39 is 0 Å². The van der Waals surface area contributed by atoms with Crippen molar-refractivity contribution in [3.05, 3.63) is 29.3 Å². The number of benzene rings is 1. The maximum Gasteiger partial charge on any atom is 0.257 e. The van der Waals surface area contributed by atoms with Crippen LogP contribution in [0.3, 0.4) is 0 Å². The first-order valence-electron chi connectivity index (χ1n) is 6.81. The molecule has 1 aromatic carbocycles. The lowest BCUT2D eigenvalue weighted by molar-refractivity contribution is -0.123. The molecule has 0 aliphatic heterocycles. The zero-order valence-corrected chi connectivity index (χ0v) is 12.1. The number of hydrogen-bond acceptors (Lipinski definition) is 3. The zero-order chi connectivity index (χ0) is 14.1. The Bertz CT molecular complexity index is 405. The van der Waals surface area contributed by atoms with Crippen molar-refractivity contribution in [2.24, 2.45) is 0 Å². The highest BCUT2D eigenvalue weighted by Gasteiger charge is 2.06. The topological polar surface area (TPSA) is 50.4 Å². The van der Waals surface area contributed by atoms with Crippen LogP contribution in [-0.2, 0) is 11.3 Å². The molecule has 1 aromatic rings. The fraction of sp³-hybridized carbons (Fsp3) is 0.533. The number of rotatable bonds is 8. The summed E-state index contributed by atoms with van der Waals surface area (Å²) in [4.78, 5) is 11.6. The van der Waals surface area contributed by atoms with Crippen LogP contribution in [0, 0.1) is 6.92 Å². The molecule has 4 nitrogen and oxygen atoms in total.